The standard InChI is InChI=1S/C28H28N2O6/c1-17(31)23-22(18-10-12-20(34-2)13-11-18)28(24-21-9-5-4-8-19(21)16-29-30(23)24)25(32)35-27(36-26(28)33)14-6-3-7-15-27/h4-5,8-13,16,22-24H,3,6-7,14-15H2,1-2H3/t22-,23-,24?/m1/s1. The quantitative estimate of drug-likeness (QED) is 0.478. The summed E-state index contributed by atoms with van der Waals surface area (Å²) in [6.45, 7) is 1.47. The number of esters is 2. The number of fused-ring (bicyclic) bond motifs is 4. The molecule has 2 aromatic carbocycles. The van der Waals surface area contributed by atoms with Gasteiger partial charge >= 0.3 is 11.9 Å². The van der Waals surface area contributed by atoms with Crippen LogP contribution < -0.4 is 4.74 Å². The lowest BCUT2D eigenvalue weighted by atomic mass is 9.65. The number of rotatable bonds is 3. The van der Waals surface area contributed by atoms with E-state index in [0.717, 1.165) is 30.4 Å². The van der Waals surface area contributed by atoms with Gasteiger partial charge in [0.25, 0.3) is 5.79 Å². The molecular formula is C28H28N2O6. The predicted octanol–water partition coefficient (Wildman–Crippen LogP) is 3.89. The van der Waals surface area contributed by atoms with Gasteiger partial charge in [-0.1, -0.05) is 42.8 Å². The molecule has 0 radical (unpaired) electrons. The molecule has 4 aliphatic rings. The fraction of sp³-hybridized carbons (Fsp3) is 0.429. The zero-order chi connectivity index (χ0) is 25.1. The summed E-state index contributed by atoms with van der Waals surface area (Å²) in [7, 11) is 1.57. The number of ketones is 1. The van der Waals surface area contributed by atoms with Gasteiger partial charge in [0, 0.05) is 18.8 Å². The maximum atomic E-state index is 14.3. The third-order valence-corrected chi connectivity index (χ3v) is 8.15. The van der Waals surface area contributed by atoms with Crippen LogP contribution in [0.15, 0.2) is 53.6 Å². The Bertz CT molecular complexity index is 1240. The summed E-state index contributed by atoms with van der Waals surface area (Å²) in [5.41, 5.74) is 0.366. The summed E-state index contributed by atoms with van der Waals surface area (Å²) in [6, 6.07) is 12.9. The number of benzene rings is 2. The van der Waals surface area contributed by atoms with Crippen LogP contribution >= 0.6 is 0 Å². The Morgan fingerprint density at radius 2 is 1.67 bits per heavy atom. The molecule has 186 valence electrons. The van der Waals surface area contributed by atoms with E-state index in [9.17, 15) is 14.4 Å². The largest absolute Gasteiger partial charge is 0.497 e. The average Bonchev–Trinajstić information content (AvgIpc) is 3.21. The number of hydrogen-bond donors (Lipinski definition) is 0. The van der Waals surface area contributed by atoms with Crippen LogP contribution in [0.4, 0.5) is 0 Å². The van der Waals surface area contributed by atoms with Gasteiger partial charge < -0.3 is 14.2 Å². The van der Waals surface area contributed by atoms with Crippen molar-refractivity contribution in [2.75, 3.05) is 7.11 Å². The van der Waals surface area contributed by atoms with Gasteiger partial charge in [0.1, 0.15) is 17.8 Å². The van der Waals surface area contributed by atoms with Crippen molar-refractivity contribution < 1.29 is 28.6 Å². The van der Waals surface area contributed by atoms with Crippen molar-refractivity contribution in [2.24, 2.45) is 10.5 Å². The van der Waals surface area contributed by atoms with E-state index in [1.807, 2.05) is 24.3 Å². The first-order chi connectivity index (χ1) is 17.4. The lowest BCUT2D eigenvalue weighted by Gasteiger charge is -2.47. The number of nitrogens with zero attached hydrogens (tertiary/aromatic N) is 2. The normalized spacial score (nSPS) is 27.3. The Morgan fingerprint density at radius 1 is 1.00 bits per heavy atom. The molecule has 0 aromatic heterocycles. The molecule has 3 atom stereocenters. The van der Waals surface area contributed by atoms with Crippen LogP contribution in [0.1, 0.15) is 67.7 Å². The zero-order valence-corrected chi connectivity index (χ0v) is 20.3. The van der Waals surface area contributed by atoms with Crippen molar-refractivity contribution in [2.45, 2.75) is 62.8 Å². The molecule has 1 saturated carbocycles. The second-order valence-electron chi connectivity index (χ2n) is 10.1. The fourth-order valence-corrected chi connectivity index (χ4v) is 6.53. The molecular weight excluding hydrogens is 460 g/mol. The first-order valence-corrected chi connectivity index (χ1v) is 12.4. The SMILES string of the molecule is COc1ccc([C@@H]2[C@@H](C(C)=O)N3N=Cc4ccccc4C3C23C(=O)OC2(CCCCC2)OC3=O)cc1. The van der Waals surface area contributed by atoms with Gasteiger partial charge in [0.05, 0.1) is 13.3 Å². The molecule has 0 N–H and O–H groups in total. The lowest BCUT2D eigenvalue weighted by molar-refractivity contribution is -0.273. The van der Waals surface area contributed by atoms with E-state index in [2.05, 4.69) is 5.10 Å². The van der Waals surface area contributed by atoms with Gasteiger partial charge in [-0.2, -0.15) is 5.10 Å². The summed E-state index contributed by atoms with van der Waals surface area (Å²) in [4.78, 5) is 41.8. The number of carbonyl (C=O) groups excluding carboxylic acids is 3. The highest BCUT2D eigenvalue weighted by atomic mass is 16.7. The molecule has 2 aromatic rings. The number of Topliss-reactive ketones (excluding diaryl/α,β-unsaturated/α-hetero) is 1. The van der Waals surface area contributed by atoms with Crippen LogP contribution in [0.25, 0.3) is 0 Å². The van der Waals surface area contributed by atoms with Crippen molar-refractivity contribution in [3.63, 3.8) is 0 Å². The summed E-state index contributed by atoms with van der Waals surface area (Å²) < 4.78 is 17.5. The molecule has 0 amide bonds. The monoisotopic (exact) mass is 488 g/mol. The van der Waals surface area contributed by atoms with Gasteiger partial charge in [-0.25, -0.2) is 0 Å². The maximum Gasteiger partial charge on any atom is 0.330 e. The van der Waals surface area contributed by atoms with Crippen molar-refractivity contribution in [1.29, 1.82) is 0 Å². The number of ether oxygens (including phenoxy) is 3. The van der Waals surface area contributed by atoms with E-state index >= 15 is 0 Å². The van der Waals surface area contributed by atoms with Gasteiger partial charge in [0.15, 0.2) is 5.78 Å². The van der Waals surface area contributed by atoms with Gasteiger partial charge in [-0.05, 0) is 48.6 Å². The van der Waals surface area contributed by atoms with E-state index in [-0.39, 0.29) is 5.78 Å². The summed E-state index contributed by atoms with van der Waals surface area (Å²) in [6.07, 6.45) is 5.26. The Labute approximate surface area is 209 Å². The first kappa shape index (κ1) is 22.8. The van der Waals surface area contributed by atoms with Gasteiger partial charge in [-0.15, -0.1) is 0 Å². The second kappa shape index (κ2) is 8.18. The molecule has 3 aliphatic heterocycles. The van der Waals surface area contributed by atoms with E-state index in [4.69, 9.17) is 14.2 Å². The highest BCUT2D eigenvalue weighted by molar-refractivity contribution is 6.07. The van der Waals surface area contributed by atoms with Crippen molar-refractivity contribution in [3.05, 3.63) is 65.2 Å². The van der Waals surface area contributed by atoms with Crippen LogP contribution in [-0.2, 0) is 23.9 Å². The Hall–Kier alpha value is -3.68. The third kappa shape index (κ3) is 3.06. The summed E-state index contributed by atoms with van der Waals surface area (Å²) in [5.74, 6) is -2.97. The first-order valence-electron chi connectivity index (χ1n) is 12.4. The van der Waals surface area contributed by atoms with Crippen LogP contribution in [0.3, 0.4) is 0 Å². The van der Waals surface area contributed by atoms with Crippen molar-refractivity contribution in [1.82, 2.24) is 5.01 Å². The minimum Gasteiger partial charge on any atom is -0.497 e. The zero-order valence-electron chi connectivity index (χ0n) is 20.3. The van der Waals surface area contributed by atoms with Crippen molar-refractivity contribution in [3.8, 4) is 5.75 Å². The smallest absolute Gasteiger partial charge is 0.330 e. The molecule has 8 heteroatoms. The van der Waals surface area contributed by atoms with E-state index in [0.29, 0.717) is 24.2 Å². The minimum atomic E-state index is -1.80. The van der Waals surface area contributed by atoms with Crippen LogP contribution in [0.5, 0.6) is 5.75 Å². The Balaban J connectivity index is 1.58. The maximum absolute atomic E-state index is 14.3. The molecule has 1 unspecified atom stereocenters. The molecule has 3 fully saturated rings. The number of hydrogen-bond acceptors (Lipinski definition) is 8. The van der Waals surface area contributed by atoms with Crippen LogP contribution in [0, 0.1) is 5.41 Å². The molecule has 6 rings (SSSR count). The van der Waals surface area contributed by atoms with E-state index < -0.39 is 41.1 Å². The molecule has 2 saturated heterocycles. The summed E-state index contributed by atoms with van der Waals surface area (Å²) in [5, 5.41) is 6.23. The minimum absolute atomic E-state index is 0.201. The van der Waals surface area contributed by atoms with E-state index in [1.54, 1.807) is 42.6 Å². The molecule has 36 heavy (non-hydrogen) atoms. The molecule has 0 bridgehead atoms. The van der Waals surface area contributed by atoms with Gasteiger partial charge in [-0.3, -0.25) is 19.4 Å². The number of hydrazone groups is 1. The second-order valence-corrected chi connectivity index (χ2v) is 10.1. The van der Waals surface area contributed by atoms with Crippen LogP contribution in [-0.4, -0.2) is 47.9 Å². The fourth-order valence-electron chi connectivity index (χ4n) is 6.53. The molecule has 3 heterocycles. The average molecular weight is 489 g/mol. The molecule has 8 nitrogen and oxygen atoms in total. The highest BCUT2D eigenvalue weighted by Crippen LogP contribution is 2.63. The topological polar surface area (TPSA) is 94.5 Å². The highest BCUT2D eigenvalue weighted by Gasteiger charge is 2.75. The van der Waals surface area contributed by atoms with E-state index in [1.165, 1.54) is 6.92 Å². The van der Waals surface area contributed by atoms with Gasteiger partial charge in [0.2, 0.25) is 5.41 Å². The lowest BCUT2D eigenvalue weighted by Crippen LogP contribution is -2.60. The third-order valence-electron chi connectivity index (χ3n) is 8.15. The number of carbonyl (C=O) groups is 3. The molecule has 2 spiro atoms. The van der Waals surface area contributed by atoms with Crippen molar-refractivity contribution >= 4 is 23.9 Å². The van der Waals surface area contributed by atoms with Crippen LogP contribution in [0.2, 0.25) is 0 Å². The Morgan fingerprint density at radius 3 is 2.31 bits per heavy atom. The summed E-state index contributed by atoms with van der Waals surface area (Å²) >= 11 is 0. The Kier molecular flexibility index (Phi) is 5.17. The predicted molar refractivity (Wildman–Crippen MR) is 129 cm³/mol. The number of methoxy groups -OCH3 is 1. The molecule has 1 aliphatic carbocycles.